The third kappa shape index (κ3) is 4.93. The Hall–Kier alpha value is -2.66. The van der Waals surface area contributed by atoms with Crippen molar-refractivity contribution in [3.8, 4) is 0 Å². The largest absolute Gasteiger partial charge is 0.372 e. The molecule has 0 saturated heterocycles. The Morgan fingerprint density at radius 3 is 2.52 bits per heavy atom. The fourth-order valence-corrected chi connectivity index (χ4v) is 1.97. The van der Waals surface area contributed by atoms with Gasteiger partial charge in [0, 0.05) is 24.9 Å². The van der Waals surface area contributed by atoms with Crippen LogP contribution in [0.2, 0.25) is 0 Å². The molecule has 0 aliphatic carbocycles. The Bertz CT molecular complexity index is 671. The van der Waals surface area contributed by atoms with Crippen molar-refractivity contribution in [2.24, 2.45) is 0 Å². The maximum atomic E-state index is 12.2. The Labute approximate surface area is 135 Å². The van der Waals surface area contributed by atoms with Crippen molar-refractivity contribution in [1.82, 2.24) is 5.32 Å². The van der Waals surface area contributed by atoms with E-state index in [-0.39, 0.29) is 11.8 Å². The van der Waals surface area contributed by atoms with E-state index in [0.717, 1.165) is 5.56 Å². The second-order valence-electron chi connectivity index (χ2n) is 5.12. The molecule has 0 aliphatic heterocycles. The van der Waals surface area contributed by atoms with E-state index in [0.29, 0.717) is 17.8 Å². The zero-order valence-electron chi connectivity index (χ0n) is 13.2. The number of methoxy groups -OCH3 is 1. The van der Waals surface area contributed by atoms with Crippen molar-refractivity contribution in [2.75, 3.05) is 12.4 Å². The molecule has 0 bridgehead atoms. The number of carbonyl (C=O) groups is 2. The average Bonchev–Trinajstić information content (AvgIpc) is 2.60. The molecule has 1 atom stereocenters. The number of nitrogens with one attached hydrogen (secondary N) is 2. The monoisotopic (exact) mass is 312 g/mol. The van der Waals surface area contributed by atoms with E-state index in [4.69, 9.17) is 4.74 Å². The molecule has 0 fully saturated rings. The molecule has 2 amide bonds. The Morgan fingerprint density at radius 2 is 1.83 bits per heavy atom. The number of hydrogen-bond donors (Lipinski definition) is 2. The van der Waals surface area contributed by atoms with Crippen molar-refractivity contribution in [3.05, 3.63) is 65.7 Å². The van der Waals surface area contributed by atoms with Gasteiger partial charge in [0.1, 0.15) is 6.10 Å². The van der Waals surface area contributed by atoms with E-state index in [1.165, 1.54) is 7.11 Å². The molecule has 0 unspecified atom stereocenters. The summed E-state index contributed by atoms with van der Waals surface area (Å²) in [6, 6.07) is 16.5. The Kier molecular flexibility index (Phi) is 5.88. The molecule has 5 heteroatoms. The van der Waals surface area contributed by atoms with Crippen LogP contribution in [0.15, 0.2) is 54.6 Å². The lowest BCUT2D eigenvalue weighted by Gasteiger charge is -2.11. The third-order valence-electron chi connectivity index (χ3n) is 3.41. The predicted octanol–water partition coefficient (Wildman–Crippen LogP) is 2.59. The predicted molar refractivity (Wildman–Crippen MR) is 89.2 cm³/mol. The van der Waals surface area contributed by atoms with Crippen LogP contribution in [0.4, 0.5) is 5.69 Å². The highest BCUT2D eigenvalue weighted by Gasteiger charge is 2.12. The van der Waals surface area contributed by atoms with Crippen LogP contribution in [0.3, 0.4) is 0 Å². The zero-order chi connectivity index (χ0) is 16.7. The van der Waals surface area contributed by atoms with Crippen LogP contribution in [0, 0.1) is 0 Å². The molecule has 5 nitrogen and oxygen atoms in total. The van der Waals surface area contributed by atoms with Crippen LogP contribution in [-0.4, -0.2) is 25.0 Å². The second-order valence-corrected chi connectivity index (χ2v) is 5.12. The summed E-state index contributed by atoms with van der Waals surface area (Å²) in [5.41, 5.74) is 2.08. The summed E-state index contributed by atoms with van der Waals surface area (Å²) in [4.78, 5) is 24.0. The van der Waals surface area contributed by atoms with Gasteiger partial charge < -0.3 is 15.4 Å². The molecule has 0 spiro atoms. The first-order valence-electron chi connectivity index (χ1n) is 7.36. The summed E-state index contributed by atoms with van der Waals surface area (Å²) in [7, 11) is 1.47. The molecule has 0 radical (unpaired) electrons. The summed E-state index contributed by atoms with van der Waals surface area (Å²) in [5.74, 6) is -0.445. The van der Waals surface area contributed by atoms with Crippen LogP contribution < -0.4 is 10.6 Å². The molecule has 0 aromatic heterocycles. The number of amides is 2. The van der Waals surface area contributed by atoms with Gasteiger partial charge in [-0.25, -0.2) is 0 Å². The van der Waals surface area contributed by atoms with Gasteiger partial charge in [0.2, 0.25) is 0 Å². The van der Waals surface area contributed by atoms with Crippen molar-refractivity contribution < 1.29 is 14.3 Å². The molecule has 120 valence electrons. The van der Waals surface area contributed by atoms with Crippen LogP contribution in [0.25, 0.3) is 0 Å². The second kappa shape index (κ2) is 8.10. The van der Waals surface area contributed by atoms with Gasteiger partial charge in [-0.1, -0.05) is 36.4 Å². The number of ether oxygens (including phenoxy) is 1. The lowest BCUT2D eigenvalue weighted by Crippen LogP contribution is -2.27. The Morgan fingerprint density at radius 1 is 1.09 bits per heavy atom. The minimum absolute atomic E-state index is 0.190. The van der Waals surface area contributed by atoms with E-state index >= 15 is 0 Å². The van der Waals surface area contributed by atoms with Crippen molar-refractivity contribution in [1.29, 1.82) is 0 Å². The van der Waals surface area contributed by atoms with E-state index in [2.05, 4.69) is 10.6 Å². The lowest BCUT2D eigenvalue weighted by molar-refractivity contribution is -0.124. The van der Waals surface area contributed by atoms with E-state index in [1.807, 2.05) is 30.3 Å². The van der Waals surface area contributed by atoms with E-state index < -0.39 is 6.10 Å². The number of rotatable bonds is 6. The van der Waals surface area contributed by atoms with Gasteiger partial charge in [0.25, 0.3) is 11.8 Å². The minimum Gasteiger partial charge on any atom is -0.372 e. The normalized spacial score (nSPS) is 11.6. The van der Waals surface area contributed by atoms with Crippen LogP contribution in [-0.2, 0) is 16.1 Å². The highest BCUT2D eigenvalue weighted by Crippen LogP contribution is 2.12. The summed E-state index contributed by atoms with van der Waals surface area (Å²) in [6.45, 7) is 2.11. The summed E-state index contributed by atoms with van der Waals surface area (Å²) >= 11 is 0. The molecule has 23 heavy (non-hydrogen) atoms. The van der Waals surface area contributed by atoms with Crippen molar-refractivity contribution in [2.45, 2.75) is 19.6 Å². The van der Waals surface area contributed by atoms with E-state index in [9.17, 15) is 9.59 Å². The highest BCUT2D eigenvalue weighted by atomic mass is 16.5. The molecular weight excluding hydrogens is 292 g/mol. The summed E-state index contributed by atoms with van der Waals surface area (Å²) in [6.07, 6.45) is -0.550. The maximum absolute atomic E-state index is 12.2. The molecule has 2 aromatic carbocycles. The fourth-order valence-electron chi connectivity index (χ4n) is 1.97. The molecule has 2 rings (SSSR count). The smallest absolute Gasteiger partial charge is 0.253 e. The molecule has 0 saturated carbocycles. The van der Waals surface area contributed by atoms with Crippen molar-refractivity contribution >= 4 is 17.5 Å². The van der Waals surface area contributed by atoms with Crippen LogP contribution >= 0.6 is 0 Å². The van der Waals surface area contributed by atoms with Gasteiger partial charge in [0.15, 0.2) is 0 Å². The number of hydrogen-bond acceptors (Lipinski definition) is 3. The lowest BCUT2D eigenvalue weighted by atomic mass is 10.1. The number of anilines is 1. The third-order valence-corrected chi connectivity index (χ3v) is 3.41. The zero-order valence-corrected chi connectivity index (χ0v) is 13.2. The van der Waals surface area contributed by atoms with Crippen LogP contribution in [0.1, 0.15) is 22.8 Å². The SMILES string of the molecule is CO[C@H](C)C(=O)Nc1cccc(C(=O)NCc2ccccc2)c1. The first-order valence-corrected chi connectivity index (χ1v) is 7.36. The minimum atomic E-state index is -0.550. The molecule has 0 aliphatic rings. The van der Waals surface area contributed by atoms with Gasteiger partial charge >= 0.3 is 0 Å². The van der Waals surface area contributed by atoms with Gasteiger partial charge in [-0.05, 0) is 30.7 Å². The fraction of sp³-hybridized carbons (Fsp3) is 0.222. The molecule has 0 heterocycles. The first-order chi connectivity index (χ1) is 11.1. The van der Waals surface area contributed by atoms with Gasteiger partial charge in [-0.3, -0.25) is 9.59 Å². The Balaban J connectivity index is 1.98. The molecule has 2 N–H and O–H groups in total. The van der Waals surface area contributed by atoms with Crippen LogP contribution in [0.5, 0.6) is 0 Å². The quantitative estimate of drug-likeness (QED) is 0.861. The standard InChI is InChI=1S/C18H20N2O3/c1-13(23-2)17(21)20-16-10-6-9-15(11-16)18(22)19-12-14-7-4-3-5-8-14/h3-11,13H,12H2,1-2H3,(H,19,22)(H,20,21)/t13-/m1/s1. The van der Waals surface area contributed by atoms with Gasteiger partial charge in [0.05, 0.1) is 0 Å². The molecule has 2 aromatic rings. The van der Waals surface area contributed by atoms with Gasteiger partial charge in [-0.15, -0.1) is 0 Å². The van der Waals surface area contributed by atoms with Crippen molar-refractivity contribution in [3.63, 3.8) is 0 Å². The molecular formula is C18H20N2O3. The first kappa shape index (κ1) is 16.7. The van der Waals surface area contributed by atoms with Gasteiger partial charge in [-0.2, -0.15) is 0 Å². The average molecular weight is 312 g/mol. The highest BCUT2D eigenvalue weighted by molar-refractivity contribution is 5.98. The number of carbonyl (C=O) groups excluding carboxylic acids is 2. The number of benzene rings is 2. The van der Waals surface area contributed by atoms with E-state index in [1.54, 1.807) is 31.2 Å². The summed E-state index contributed by atoms with van der Waals surface area (Å²) < 4.78 is 4.96. The summed E-state index contributed by atoms with van der Waals surface area (Å²) in [5, 5.41) is 5.57. The topological polar surface area (TPSA) is 67.4 Å². The maximum Gasteiger partial charge on any atom is 0.253 e.